The third-order valence-electron chi connectivity index (χ3n) is 4.26. The van der Waals surface area contributed by atoms with E-state index in [1.165, 1.54) is 4.90 Å². The first-order valence-corrected chi connectivity index (χ1v) is 9.88. The fourth-order valence-corrected chi connectivity index (χ4v) is 3.13. The summed E-state index contributed by atoms with van der Waals surface area (Å²) in [6.45, 7) is 3.86. The third-order valence-corrected chi connectivity index (χ3v) is 4.79. The van der Waals surface area contributed by atoms with Crippen LogP contribution in [-0.4, -0.2) is 24.8 Å². The number of rotatable bonds is 8. The molecule has 0 spiro atoms. The number of amides is 1. The van der Waals surface area contributed by atoms with Crippen molar-refractivity contribution in [1.29, 1.82) is 0 Å². The number of para-hydroxylation sites is 1. The van der Waals surface area contributed by atoms with E-state index in [1.54, 1.807) is 54.6 Å². The Morgan fingerprint density at radius 3 is 2.28 bits per heavy atom. The number of ketones is 1. The standard InChI is InChI=1S/C24H20BrNO3/c1-2-16-26(23(27)17-29-20-14-12-19(25)13-15-20)22-11-7-6-10-21(22)24(28)18-8-4-3-5-9-18/h2-15H,1,16-17H2. The quantitative estimate of drug-likeness (QED) is 0.347. The van der Waals surface area contributed by atoms with Crippen molar-refractivity contribution in [2.24, 2.45) is 0 Å². The highest BCUT2D eigenvalue weighted by atomic mass is 79.9. The minimum Gasteiger partial charge on any atom is -0.484 e. The Labute approximate surface area is 178 Å². The van der Waals surface area contributed by atoms with Crippen LogP contribution in [0.2, 0.25) is 0 Å². The Kier molecular flexibility index (Phi) is 6.98. The van der Waals surface area contributed by atoms with Gasteiger partial charge in [-0.05, 0) is 36.4 Å². The molecule has 0 aliphatic rings. The minimum absolute atomic E-state index is 0.142. The largest absolute Gasteiger partial charge is 0.484 e. The summed E-state index contributed by atoms with van der Waals surface area (Å²) in [5.41, 5.74) is 1.56. The summed E-state index contributed by atoms with van der Waals surface area (Å²) in [4.78, 5) is 27.4. The molecular formula is C24H20BrNO3. The van der Waals surface area contributed by atoms with Crippen molar-refractivity contribution in [3.8, 4) is 5.75 Å². The lowest BCUT2D eigenvalue weighted by atomic mass is 10.0. The Hall–Kier alpha value is -3.18. The lowest BCUT2D eigenvalue weighted by molar-refractivity contribution is -0.120. The molecule has 0 aliphatic heterocycles. The molecule has 3 rings (SSSR count). The van der Waals surface area contributed by atoms with E-state index >= 15 is 0 Å². The van der Waals surface area contributed by atoms with Crippen LogP contribution < -0.4 is 9.64 Å². The van der Waals surface area contributed by atoms with Crippen LogP contribution in [0.1, 0.15) is 15.9 Å². The summed E-state index contributed by atoms with van der Waals surface area (Å²) < 4.78 is 6.55. The van der Waals surface area contributed by atoms with Crippen LogP contribution >= 0.6 is 15.9 Å². The van der Waals surface area contributed by atoms with Gasteiger partial charge in [0.25, 0.3) is 5.91 Å². The highest BCUT2D eigenvalue weighted by Crippen LogP contribution is 2.24. The molecule has 0 radical (unpaired) electrons. The summed E-state index contributed by atoms with van der Waals surface area (Å²) in [6.07, 6.45) is 1.63. The molecule has 3 aromatic rings. The molecule has 0 unspecified atom stereocenters. The van der Waals surface area contributed by atoms with Crippen LogP contribution in [-0.2, 0) is 4.79 Å². The first-order valence-electron chi connectivity index (χ1n) is 9.08. The van der Waals surface area contributed by atoms with Gasteiger partial charge in [-0.3, -0.25) is 9.59 Å². The monoisotopic (exact) mass is 449 g/mol. The third kappa shape index (κ3) is 5.21. The van der Waals surface area contributed by atoms with Crippen LogP contribution in [0.4, 0.5) is 5.69 Å². The fraction of sp³-hybridized carbons (Fsp3) is 0.0833. The van der Waals surface area contributed by atoms with Crippen molar-refractivity contribution in [1.82, 2.24) is 0 Å². The molecule has 0 aromatic heterocycles. The highest BCUT2D eigenvalue weighted by molar-refractivity contribution is 9.10. The Morgan fingerprint density at radius 1 is 0.931 bits per heavy atom. The summed E-state index contributed by atoms with van der Waals surface area (Å²) in [5, 5.41) is 0. The molecule has 3 aromatic carbocycles. The van der Waals surface area contributed by atoms with Crippen LogP contribution in [0.5, 0.6) is 5.75 Å². The highest BCUT2D eigenvalue weighted by Gasteiger charge is 2.22. The van der Waals surface area contributed by atoms with Gasteiger partial charge in [0.2, 0.25) is 0 Å². The number of nitrogens with zero attached hydrogens (tertiary/aromatic N) is 1. The number of ether oxygens (including phenoxy) is 1. The van der Waals surface area contributed by atoms with Crippen molar-refractivity contribution in [3.05, 3.63) is 107 Å². The zero-order valence-corrected chi connectivity index (χ0v) is 17.3. The van der Waals surface area contributed by atoms with Gasteiger partial charge in [-0.25, -0.2) is 0 Å². The lowest BCUT2D eigenvalue weighted by Crippen LogP contribution is -2.36. The Bertz CT molecular complexity index is 1000. The summed E-state index contributed by atoms with van der Waals surface area (Å²) in [6, 6.07) is 23.3. The van der Waals surface area contributed by atoms with E-state index < -0.39 is 0 Å². The first kappa shape index (κ1) is 20.6. The van der Waals surface area contributed by atoms with Crippen LogP contribution in [0.3, 0.4) is 0 Å². The van der Waals surface area contributed by atoms with Crippen LogP contribution in [0.25, 0.3) is 0 Å². The number of hydrogen-bond acceptors (Lipinski definition) is 3. The maximum Gasteiger partial charge on any atom is 0.265 e. The molecule has 1 amide bonds. The van der Waals surface area contributed by atoms with Gasteiger partial charge in [-0.15, -0.1) is 6.58 Å². The number of benzene rings is 3. The number of halogens is 1. The molecule has 0 bridgehead atoms. The molecule has 0 heterocycles. The molecule has 5 heteroatoms. The average Bonchev–Trinajstić information content (AvgIpc) is 2.77. The van der Waals surface area contributed by atoms with E-state index in [0.29, 0.717) is 22.6 Å². The van der Waals surface area contributed by atoms with E-state index in [0.717, 1.165) is 4.47 Å². The predicted octanol–water partition coefficient (Wildman–Crippen LogP) is 5.28. The van der Waals surface area contributed by atoms with E-state index in [9.17, 15) is 9.59 Å². The van der Waals surface area contributed by atoms with Gasteiger partial charge in [0, 0.05) is 22.1 Å². The minimum atomic E-state index is -0.263. The second kappa shape index (κ2) is 9.85. The van der Waals surface area contributed by atoms with Crippen molar-refractivity contribution in [2.45, 2.75) is 0 Å². The van der Waals surface area contributed by atoms with Gasteiger partial charge in [0.15, 0.2) is 12.4 Å². The number of carbonyl (C=O) groups excluding carboxylic acids is 2. The van der Waals surface area contributed by atoms with Gasteiger partial charge in [0.05, 0.1) is 5.69 Å². The van der Waals surface area contributed by atoms with Crippen molar-refractivity contribution in [3.63, 3.8) is 0 Å². The van der Waals surface area contributed by atoms with Crippen molar-refractivity contribution in [2.75, 3.05) is 18.1 Å². The smallest absolute Gasteiger partial charge is 0.265 e. The van der Waals surface area contributed by atoms with Crippen molar-refractivity contribution >= 4 is 33.3 Å². The summed E-state index contributed by atoms with van der Waals surface area (Å²) in [7, 11) is 0. The first-order chi connectivity index (χ1) is 14.1. The molecule has 0 saturated heterocycles. The predicted molar refractivity (Wildman–Crippen MR) is 119 cm³/mol. The molecule has 29 heavy (non-hydrogen) atoms. The molecule has 4 nitrogen and oxygen atoms in total. The maximum absolute atomic E-state index is 13.0. The molecule has 0 atom stereocenters. The van der Waals surface area contributed by atoms with E-state index in [2.05, 4.69) is 22.5 Å². The van der Waals surface area contributed by atoms with Crippen LogP contribution in [0, 0.1) is 0 Å². The van der Waals surface area contributed by atoms with E-state index in [-0.39, 0.29) is 24.8 Å². The summed E-state index contributed by atoms with van der Waals surface area (Å²) >= 11 is 3.37. The van der Waals surface area contributed by atoms with Crippen LogP contribution in [0.15, 0.2) is 96.0 Å². The number of anilines is 1. The lowest BCUT2D eigenvalue weighted by Gasteiger charge is -2.24. The zero-order valence-electron chi connectivity index (χ0n) is 15.8. The normalized spacial score (nSPS) is 10.2. The second-order valence-electron chi connectivity index (χ2n) is 6.25. The summed E-state index contributed by atoms with van der Waals surface area (Å²) in [5.74, 6) is 0.187. The van der Waals surface area contributed by atoms with E-state index in [1.807, 2.05) is 30.3 Å². The molecule has 0 N–H and O–H groups in total. The average molecular weight is 450 g/mol. The topological polar surface area (TPSA) is 46.6 Å². The van der Waals surface area contributed by atoms with Crippen molar-refractivity contribution < 1.29 is 14.3 Å². The zero-order chi connectivity index (χ0) is 20.6. The molecule has 146 valence electrons. The SMILES string of the molecule is C=CCN(C(=O)COc1ccc(Br)cc1)c1ccccc1C(=O)c1ccccc1. The maximum atomic E-state index is 13.0. The molecule has 0 fully saturated rings. The van der Waals surface area contributed by atoms with Gasteiger partial charge >= 0.3 is 0 Å². The van der Waals surface area contributed by atoms with Gasteiger partial charge in [-0.2, -0.15) is 0 Å². The fourth-order valence-electron chi connectivity index (χ4n) is 2.86. The number of carbonyl (C=O) groups is 2. The number of hydrogen-bond donors (Lipinski definition) is 0. The van der Waals surface area contributed by atoms with E-state index in [4.69, 9.17) is 4.74 Å². The Morgan fingerprint density at radius 2 is 1.59 bits per heavy atom. The van der Waals surface area contributed by atoms with Gasteiger partial charge in [-0.1, -0.05) is 64.5 Å². The Balaban J connectivity index is 1.85. The van der Waals surface area contributed by atoms with Gasteiger partial charge in [0.1, 0.15) is 5.75 Å². The second-order valence-corrected chi connectivity index (χ2v) is 7.16. The molecule has 0 aliphatic carbocycles. The molecule has 0 saturated carbocycles. The molecular weight excluding hydrogens is 430 g/mol. The van der Waals surface area contributed by atoms with Gasteiger partial charge < -0.3 is 9.64 Å².